The number of nitrogens with one attached hydrogen (secondary N) is 1. The van der Waals surface area contributed by atoms with Crippen molar-refractivity contribution in [3.05, 3.63) is 29.8 Å². The Balaban J connectivity index is 2.32. The number of carbonyl (C=O) groups is 1. The Hall–Kier alpha value is -1.73. The second kappa shape index (κ2) is 7.12. The zero-order chi connectivity index (χ0) is 19.8. The number of methoxy groups -OCH3 is 1. The molecule has 6 nitrogen and oxygen atoms in total. The number of ether oxygens (including phenoxy) is 2. The predicted molar refractivity (Wildman–Crippen MR) is 101 cm³/mol. The van der Waals surface area contributed by atoms with Crippen molar-refractivity contribution in [3.8, 4) is 5.75 Å². The zero-order valence-corrected chi connectivity index (χ0v) is 17.0. The van der Waals surface area contributed by atoms with E-state index in [1.807, 2.05) is 72.7 Å². The molecule has 0 saturated carbocycles. The lowest BCUT2D eigenvalue weighted by Gasteiger charge is -2.32. The summed E-state index contributed by atoms with van der Waals surface area (Å²) in [5, 5.41) is 2.89. The molecule has 1 N–H and O–H groups in total. The lowest BCUT2D eigenvalue weighted by atomic mass is 9.74. The van der Waals surface area contributed by atoms with Crippen LogP contribution in [-0.2, 0) is 14.0 Å². The van der Waals surface area contributed by atoms with Gasteiger partial charge in [0.2, 0.25) is 0 Å². The standard InChI is InChI=1S/C19H30BNO5/c1-17(2,3)24-16(22)21-15(13-10-9-11-14(12-13)23-8)20-25-18(4,5)19(6,7)26-20/h9-12,15H,1-8H3,(H,21,22)/t15-/m0/s1. The smallest absolute Gasteiger partial charge is 0.486 e. The fourth-order valence-corrected chi connectivity index (χ4v) is 2.60. The summed E-state index contributed by atoms with van der Waals surface area (Å²) in [6.45, 7) is 13.4. The molecule has 1 saturated heterocycles. The summed E-state index contributed by atoms with van der Waals surface area (Å²) >= 11 is 0. The lowest BCUT2D eigenvalue weighted by molar-refractivity contribution is 0.00578. The molecule has 0 bridgehead atoms. The number of benzene rings is 1. The Bertz CT molecular complexity index is 638. The van der Waals surface area contributed by atoms with E-state index in [2.05, 4.69) is 5.32 Å². The first-order valence-electron chi connectivity index (χ1n) is 8.84. The first-order valence-corrected chi connectivity index (χ1v) is 8.84. The van der Waals surface area contributed by atoms with Crippen LogP contribution in [0.2, 0.25) is 0 Å². The number of carbonyl (C=O) groups excluding carboxylic acids is 1. The number of hydrogen-bond donors (Lipinski definition) is 1. The van der Waals surface area contributed by atoms with Gasteiger partial charge in [-0.15, -0.1) is 0 Å². The average Bonchev–Trinajstić information content (AvgIpc) is 2.71. The fraction of sp³-hybridized carbons (Fsp3) is 0.632. The Morgan fingerprint density at radius 1 is 1.15 bits per heavy atom. The molecular formula is C19H30BNO5. The minimum absolute atomic E-state index is 0.510. The van der Waals surface area contributed by atoms with Gasteiger partial charge in [0, 0.05) is 0 Å². The predicted octanol–water partition coefficient (Wildman–Crippen LogP) is 3.89. The van der Waals surface area contributed by atoms with Crippen molar-refractivity contribution in [2.24, 2.45) is 0 Å². The van der Waals surface area contributed by atoms with Gasteiger partial charge in [0.25, 0.3) is 0 Å². The van der Waals surface area contributed by atoms with Crippen LogP contribution < -0.4 is 10.1 Å². The van der Waals surface area contributed by atoms with E-state index in [1.54, 1.807) is 7.11 Å². The molecule has 1 aliphatic heterocycles. The maximum Gasteiger partial charge on any atom is 0.486 e. The Labute approximate surface area is 156 Å². The van der Waals surface area contributed by atoms with E-state index in [9.17, 15) is 4.79 Å². The molecule has 0 spiro atoms. The van der Waals surface area contributed by atoms with Gasteiger partial charge in [-0.25, -0.2) is 4.79 Å². The summed E-state index contributed by atoms with van der Waals surface area (Å²) in [6.07, 6.45) is -0.528. The van der Waals surface area contributed by atoms with E-state index in [-0.39, 0.29) is 0 Å². The second-order valence-corrected chi connectivity index (χ2v) is 8.53. The zero-order valence-electron chi connectivity index (χ0n) is 17.0. The summed E-state index contributed by atoms with van der Waals surface area (Å²) in [5.41, 5.74) is -0.804. The van der Waals surface area contributed by atoms with E-state index in [0.29, 0.717) is 5.75 Å². The first-order chi connectivity index (χ1) is 11.8. The van der Waals surface area contributed by atoms with Gasteiger partial charge >= 0.3 is 13.2 Å². The maximum atomic E-state index is 12.4. The van der Waals surface area contributed by atoms with Crippen molar-refractivity contribution in [2.45, 2.75) is 71.2 Å². The van der Waals surface area contributed by atoms with Crippen LogP contribution in [0, 0.1) is 0 Å². The van der Waals surface area contributed by atoms with Gasteiger partial charge in [-0.3, -0.25) is 0 Å². The fourth-order valence-electron chi connectivity index (χ4n) is 2.60. The number of alkyl carbamates (subject to hydrolysis) is 1. The number of rotatable bonds is 4. The Kier molecular flexibility index (Phi) is 5.64. The van der Waals surface area contributed by atoms with Gasteiger partial charge < -0.3 is 24.1 Å². The monoisotopic (exact) mass is 363 g/mol. The van der Waals surface area contributed by atoms with Crippen LogP contribution in [-0.4, -0.2) is 37.1 Å². The topological polar surface area (TPSA) is 66.0 Å². The summed E-state index contributed by atoms with van der Waals surface area (Å²) in [4.78, 5) is 12.4. The highest BCUT2D eigenvalue weighted by Gasteiger charge is 2.54. The Morgan fingerprint density at radius 3 is 2.23 bits per heavy atom. The van der Waals surface area contributed by atoms with Crippen molar-refractivity contribution >= 4 is 13.2 Å². The first kappa shape index (κ1) is 20.6. The molecule has 1 amide bonds. The minimum Gasteiger partial charge on any atom is -0.497 e. The van der Waals surface area contributed by atoms with Crippen LogP contribution in [0.1, 0.15) is 60.0 Å². The van der Waals surface area contributed by atoms with Gasteiger partial charge in [-0.2, -0.15) is 0 Å². The average molecular weight is 363 g/mol. The summed E-state index contributed by atoms with van der Waals surface area (Å²) in [6, 6.07) is 7.46. The highest BCUT2D eigenvalue weighted by molar-refractivity contribution is 6.47. The van der Waals surface area contributed by atoms with E-state index in [1.165, 1.54) is 0 Å². The molecule has 0 radical (unpaired) electrons. The van der Waals surface area contributed by atoms with Crippen LogP contribution in [0.4, 0.5) is 4.79 Å². The van der Waals surface area contributed by atoms with E-state index in [0.717, 1.165) is 5.56 Å². The van der Waals surface area contributed by atoms with Crippen molar-refractivity contribution in [3.63, 3.8) is 0 Å². The number of hydrogen-bond acceptors (Lipinski definition) is 5. The SMILES string of the molecule is COc1cccc([C@H](NC(=O)OC(C)(C)C)B2OC(C)(C)C(C)(C)O2)c1. The third-order valence-electron chi connectivity index (χ3n) is 4.67. The molecule has 1 fully saturated rings. The van der Waals surface area contributed by atoms with Crippen molar-refractivity contribution in [2.75, 3.05) is 7.11 Å². The largest absolute Gasteiger partial charge is 0.497 e. The van der Waals surface area contributed by atoms with Gasteiger partial charge in [-0.05, 0) is 66.2 Å². The molecule has 2 rings (SSSR count). The minimum atomic E-state index is -0.653. The van der Waals surface area contributed by atoms with Crippen LogP contribution in [0.15, 0.2) is 24.3 Å². The molecular weight excluding hydrogens is 333 g/mol. The molecule has 7 heteroatoms. The van der Waals surface area contributed by atoms with Crippen LogP contribution >= 0.6 is 0 Å². The van der Waals surface area contributed by atoms with Gasteiger partial charge in [0.05, 0.1) is 24.3 Å². The van der Waals surface area contributed by atoms with Gasteiger partial charge in [-0.1, -0.05) is 12.1 Å². The summed E-state index contributed by atoms with van der Waals surface area (Å²) in [7, 11) is 0.948. The highest BCUT2D eigenvalue weighted by atomic mass is 16.7. The van der Waals surface area contributed by atoms with Crippen molar-refractivity contribution in [1.82, 2.24) is 5.32 Å². The van der Waals surface area contributed by atoms with E-state index in [4.69, 9.17) is 18.8 Å². The molecule has 1 aromatic rings. The highest BCUT2D eigenvalue weighted by Crippen LogP contribution is 2.40. The molecule has 144 valence electrons. The molecule has 0 aliphatic carbocycles. The van der Waals surface area contributed by atoms with Crippen molar-refractivity contribution in [1.29, 1.82) is 0 Å². The third-order valence-corrected chi connectivity index (χ3v) is 4.67. The Morgan fingerprint density at radius 2 is 1.73 bits per heavy atom. The molecule has 1 aliphatic rings. The maximum absolute atomic E-state index is 12.4. The number of amides is 1. The molecule has 1 heterocycles. The van der Waals surface area contributed by atoms with Gasteiger partial charge in [0.1, 0.15) is 11.4 Å². The summed E-state index contributed by atoms with van der Waals surface area (Å²) in [5.74, 6) is 0.149. The second-order valence-electron chi connectivity index (χ2n) is 8.53. The van der Waals surface area contributed by atoms with E-state index < -0.39 is 36.0 Å². The lowest BCUT2D eigenvalue weighted by Crippen LogP contribution is -2.43. The van der Waals surface area contributed by atoms with Crippen LogP contribution in [0.25, 0.3) is 0 Å². The molecule has 1 atom stereocenters. The van der Waals surface area contributed by atoms with Crippen LogP contribution in [0.5, 0.6) is 5.75 Å². The summed E-state index contributed by atoms with van der Waals surface area (Å²) < 4.78 is 23.0. The molecule has 0 aromatic heterocycles. The third kappa shape index (κ3) is 4.71. The molecule has 0 unspecified atom stereocenters. The van der Waals surface area contributed by atoms with Crippen molar-refractivity contribution < 1.29 is 23.6 Å². The van der Waals surface area contributed by atoms with Gasteiger partial charge in [0.15, 0.2) is 0 Å². The van der Waals surface area contributed by atoms with Crippen LogP contribution in [0.3, 0.4) is 0 Å². The van der Waals surface area contributed by atoms with E-state index >= 15 is 0 Å². The molecule has 26 heavy (non-hydrogen) atoms. The quantitative estimate of drug-likeness (QED) is 0.822. The normalized spacial score (nSPS) is 19.8. The molecule has 1 aromatic carbocycles.